The van der Waals surface area contributed by atoms with Crippen LogP contribution < -0.4 is 10.6 Å². The van der Waals surface area contributed by atoms with Crippen molar-refractivity contribution < 1.29 is 19.8 Å². The maximum atomic E-state index is 11.7. The summed E-state index contributed by atoms with van der Waals surface area (Å²) >= 11 is 11.9. The number of rotatable bonds is 5. The van der Waals surface area contributed by atoms with Crippen LogP contribution in [0.5, 0.6) is 0 Å². The summed E-state index contributed by atoms with van der Waals surface area (Å²) in [6.45, 7) is 1.41. The van der Waals surface area contributed by atoms with Gasteiger partial charge in [0, 0.05) is 18.1 Å². The first-order valence-corrected chi connectivity index (χ1v) is 6.47. The fourth-order valence-corrected chi connectivity index (χ4v) is 1.87. The molecule has 0 aromatic heterocycles. The number of carboxylic acid groups (broad SMARTS) is 1. The number of carbonyl (C=O) groups excluding carboxylic acids is 1. The zero-order valence-corrected chi connectivity index (χ0v) is 12.1. The molecule has 1 atom stereocenters. The third-order valence-electron chi connectivity index (χ3n) is 2.52. The number of urea groups is 1. The minimum Gasteiger partial charge on any atom is -0.480 e. The SMILES string of the molecule is Cc1cc(Cl)c(NC(=O)N[C@H](CCO)C(=O)O)cc1Cl. The number of benzene rings is 1. The van der Waals surface area contributed by atoms with Crippen molar-refractivity contribution in [2.75, 3.05) is 11.9 Å². The summed E-state index contributed by atoms with van der Waals surface area (Å²) in [5.74, 6) is -1.23. The molecule has 1 aromatic rings. The lowest BCUT2D eigenvalue weighted by atomic mass is 10.2. The Hall–Kier alpha value is -1.50. The molecule has 0 bridgehead atoms. The highest BCUT2D eigenvalue weighted by Gasteiger charge is 2.19. The normalized spacial score (nSPS) is 11.8. The van der Waals surface area contributed by atoms with E-state index in [1.807, 2.05) is 0 Å². The Kier molecular flexibility index (Phi) is 6.06. The van der Waals surface area contributed by atoms with Crippen LogP contribution in [0.1, 0.15) is 12.0 Å². The molecule has 0 unspecified atom stereocenters. The fraction of sp³-hybridized carbons (Fsp3) is 0.333. The molecule has 0 heterocycles. The van der Waals surface area contributed by atoms with Gasteiger partial charge in [0.2, 0.25) is 0 Å². The summed E-state index contributed by atoms with van der Waals surface area (Å²) in [4.78, 5) is 22.5. The molecule has 0 radical (unpaired) electrons. The molecular weight excluding hydrogens is 307 g/mol. The minimum absolute atomic E-state index is 0.0921. The first-order chi connectivity index (χ1) is 9.35. The molecule has 20 heavy (non-hydrogen) atoms. The molecule has 0 spiro atoms. The van der Waals surface area contributed by atoms with Crippen molar-refractivity contribution in [3.05, 3.63) is 27.7 Å². The zero-order valence-electron chi connectivity index (χ0n) is 10.6. The molecule has 1 aromatic carbocycles. The molecule has 0 aliphatic heterocycles. The number of hydrogen-bond donors (Lipinski definition) is 4. The largest absolute Gasteiger partial charge is 0.480 e. The van der Waals surface area contributed by atoms with Crippen LogP contribution in [0.2, 0.25) is 10.0 Å². The predicted octanol–water partition coefficient (Wildman–Crippen LogP) is 2.26. The van der Waals surface area contributed by atoms with Crippen LogP contribution in [0.4, 0.5) is 10.5 Å². The maximum Gasteiger partial charge on any atom is 0.326 e. The van der Waals surface area contributed by atoms with E-state index in [-0.39, 0.29) is 23.7 Å². The molecule has 0 saturated heterocycles. The zero-order chi connectivity index (χ0) is 15.3. The second-order valence-corrected chi connectivity index (χ2v) is 4.90. The van der Waals surface area contributed by atoms with Gasteiger partial charge in [-0.3, -0.25) is 0 Å². The Labute approximate surface area is 125 Å². The topological polar surface area (TPSA) is 98.7 Å². The molecular formula is C12H14Cl2N2O4. The van der Waals surface area contributed by atoms with Crippen molar-refractivity contribution in [1.82, 2.24) is 5.32 Å². The van der Waals surface area contributed by atoms with E-state index in [0.717, 1.165) is 5.56 Å². The van der Waals surface area contributed by atoms with Gasteiger partial charge >= 0.3 is 12.0 Å². The molecule has 4 N–H and O–H groups in total. The fourth-order valence-electron chi connectivity index (χ4n) is 1.45. The number of carbonyl (C=O) groups is 2. The average molecular weight is 321 g/mol. The first kappa shape index (κ1) is 16.6. The Morgan fingerprint density at radius 1 is 1.30 bits per heavy atom. The van der Waals surface area contributed by atoms with Crippen LogP contribution >= 0.6 is 23.2 Å². The molecule has 0 saturated carbocycles. The van der Waals surface area contributed by atoms with Gasteiger partial charge in [-0.25, -0.2) is 9.59 Å². The molecule has 2 amide bonds. The van der Waals surface area contributed by atoms with Crippen molar-refractivity contribution in [3.63, 3.8) is 0 Å². The number of nitrogens with one attached hydrogen (secondary N) is 2. The summed E-state index contributed by atoms with van der Waals surface area (Å²) in [6.07, 6.45) is -0.0921. The summed E-state index contributed by atoms with van der Waals surface area (Å²) in [5, 5.41) is 22.9. The van der Waals surface area contributed by atoms with E-state index in [1.54, 1.807) is 13.0 Å². The number of hydrogen-bond acceptors (Lipinski definition) is 3. The van der Waals surface area contributed by atoms with Gasteiger partial charge < -0.3 is 20.8 Å². The van der Waals surface area contributed by atoms with E-state index in [2.05, 4.69) is 10.6 Å². The van der Waals surface area contributed by atoms with Crippen molar-refractivity contribution >= 4 is 40.9 Å². The first-order valence-electron chi connectivity index (χ1n) is 5.72. The number of anilines is 1. The van der Waals surface area contributed by atoms with Gasteiger partial charge in [-0.05, 0) is 24.6 Å². The van der Waals surface area contributed by atoms with Crippen molar-refractivity contribution in [3.8, 4) is 0 Å². The van der Waals surface area contributed by atoms with E-state index < -0.39 is 18.0 Å². The second-order valence-electron chi connectivity index (χ2n) is 4.08. The number of amides is 2. The maximum absolute atomic E-state index is 11.7. The lowest BCUT2D eigenvalue weighted by Crippen LogP contribution is -2.43. The number of aryl methyl sites for hydroxylation is 1. The van der Waals surface area contributed by atoms with Crippen LogP contribution in [-0.2, 0) is 4.79 Å². The van der Waals surface area contributed by atoms with Crippen LogP contribution in [0.3, 0.4) is 0 Å². The third kappa shape index (κ3) is 4.56. The van der Waals surface area contributed by atoms with Crippen LogP contribution in [0, 0.1) is 6.92 Å². The van der Waals surface area contributed by atoms with Gasteiger partial charge in [0.1, 0.15) is 6.04 Å². The van der Waals surface area contributed by atoms with Crippen molar-refractivity contribution in [2.45, 2.75) is 19.4 Å². The minimum atomic E-state index is -1.23. The lowest BCUT2D eigenvalue weighted by molar-refractivity contribution is -0.139. The van der Waals surface area contributed by atoms with Crippen LogP contribution in [0.25, 0.3) is 0 Å². The van der Waals surface area contributed by atoms with Crippen LogP contribution in [0.15, 0.2) is 12.1 Å². The molecule has 0 aliphatic carbocycles. The Bertz CT molecular complexity index is 522. The highest BCUT2D eigenvalue weighted by Crippen LogP contribution is 2.28. The van der Waals surface area contributed by atoms with E-state index >= 15 is 0 Å². The quantitative estimate of drug-likeness (QED) is 0.668. The number of aliphatic hydroxyl groups excluding tert-OH is 1. The Balaban J connectivity index is 2.75. The average Bonchev–Trinajstić information content (AvgIpc) is 2.35. The van der Waals surface area contributed by atoms with Gasteiger partial charge in [-0.15, -0.1) is 0 Å². The molecule has 110 valence electrons. The number of aliphatic carboxylic acids is 1. The predicted molar refractivity (Wildman–Crippen MR) is 76.5 cm³/mol. The van der Waals surface area contributed by atoms with Crippen molar-refractivity contribution in [2.24, 2.45) is 0 Å². The molecule has 0 aliphatic rings. The monoisotopic (exact) mass is 320 g/mol. The smallest absolute Gasteiger partial charge is 0.326 e. The van der Waals surface area contributed by atoms with E-state index in [0.29, 0.717) is 5.02 Å². The summed E-state index contributed by atoms with van der Waals surface area (Å²) < 4.78 is 0. The van der Waals surface area contributed by atoms with Gasteiger partial charge in [-0.2, -0.15) is 0 Å². The lowest BCUT2D eigenvalue weighted by Gasteiger charge is -2.15. The number of halogens is 2. The van der Waals surface area contributed by atoms with Gasteiger partial charge in [-0.1, -0.05) is 23.2 Å². The highest BCUT2D eigenvalue weighted by molar-refractivity contribution is 6.36. The summed E-state index contributed by atoms with van der Waals surface area (Å²) in [7, 11) is 0. The van der Waals surface area contributed by atoms with E-state index in [4.69, 9.17) is 33.4 Å². The van der Waals surface area contributed by atoms with Gasteiger partial charge in [0.05, 0.1) is 10.7 Å². The van der Waals surface area contributed by atoms with Gasteiger partial charge in [0.15, 0.2) is 0 Å². The van der Waals surface area contributed by atoms with E-state index in [1.165, 1.54) is 6.07 Å². The van der Waals surface area contributed by atoms with Crippen molar-refractivity contribution in [1.29, 1.82) is 0 Å². The molecule has 1 rings (SSSR count). The number of aliphatic hydroxyl groups is 1. The Morgan fingerprint density at radius 2 is 1.95 bits per heavy atom. The number of carboxylic acids is 1. The molecule has 8 heteroatoms. The standard InChI is InChI=1S/C12H14Cl2N2O4/c1-6-4-8(14)10(5-7(6)13)16-12(20)15-9(2-3-17)11(18)19/h4-5,9,17H,2-3H2,1H3,(H,18,19)(H2,15,16,20)/t9-/m1/s1. The van der Waals surface area contributed by atoms with E-state index in [9.17, 15) is 9.59 Å². The van der Waals surface area contributed by atoms with Gasteiger partial charge in [0.25, 0.3) is 0 Å². The molecule has 6 nitrogen and oxygen atoms in total. The third-order valence-corrected chi connectivity index (χ3v) is 3.24. The molecule has 0 fully saturated rings. The summed E-state index contributed by atoms with van der Waals surface area (Å²) in [6, 6.07) is 1.13. The summed E-state index contributed by atoms with van der Waals surface area (Å²) in [5.41, 5.74) is 1.03. The second kappa shape index (κ2) is 7.33. The Morgan fingerprint density at radius 3 is 2.50 bits per heavy atom. The van der Waals surface area contributed by atoms with Crippen LogP contribution in [-0.4, -0.2) is 34.9 Å². The highest BCUT2D eigenvalue weighted by atomic mass is 35.5.